The largest absolute Gasteiger partial charge is 0.480 e. The van der Waals surface area contributed by atoms with Crippen molar-refractivity contribution in [1.82, 2.24) is 57.2 Å². The van der Waals surface area contributed by atoms with Crippen molar-refractivity contribution in [2.45, 2.75) is 225 Å². The summed E-state index contributed by atoms with van der Waals surface area (Å²) in [6, 6.07) is 2.71. The number of benzene rings is 1. The highest BCUT2D eigenvalue weighted by Crippen LogP contribution is 2.30. The van der Waals surface area contributed by atoms with Gasteiger partial charge in [0, 0.05) is 77.8 Å². The molecule has 9 amide bonds. The van der Waals surface area contributed by atoms with Crippen molar-refractivity contribution < 1.29 is 86.6 Å². The van der Waals surface area contributed by atoms with Crippen LogP contribution in [0.4, 0.5) is 4.79 Å². The van der Waals surface area contributed by atoms with E-state index in [9.17, 15) is 63.0 Å². The van der Waals surface area contributed by atoms with Gasteiger partial charge >= 0.3 is 18.0 Å². The summed E-state index contributed by atoms with van der Waals surface area (Å²) in [6.45, 7) is 21.3. The zero-order valence-corrected chi connectivity index (χ0v) is 61.8. The van der Waals surface area contributed by atoms with Crippen LogP contribution in [0.2, 0.25) is 0 Å². The maximum atomic E-state index is 14.4. The van der Waals surface area contributed by atoms with E-state index in [0.717, 1.165) is 5.56 Å². The predicted molar refractivity (Wildman–Crippen MR) is 371 cm³/mol. The number of carboxylic acids is 1. The molecule has 0 aromatic heterocycles. The Morgan fingerprint density at radius 2 is 1.40 bits per heavy atom. The molecule has 0 bridgehead atoms. The first-order valence-corrected chi connectivity index (χ1v) is 34.5. The Morgan fingerprint density at radius 1 is 0.747 bits per heavy atom. The number of aliphatic carboxylic acids is 1. The first kappa shape index (κ1) is 88.0. The van der Waals surface area contributed by atoms with Gasteiger partial charge in [-0.25, -0.2) is 14.4 Å². The Bertz CT molecular complexity index is 2730. The van der Waals surface area contributed by atoms with E-state index in [1.807, 2.05) is 94.6 Å². The lowest BCUT2D eigenvalue weighted by atomic mass is 9.90. The lowest BCUT2D eigenvalue weighted by molar-refractivity contribution is -0.147. The molecule has 2 rings (SSSR count). The van der Waals surface area contributed by atoms with E-state index in [1.165, 1.54) is 21.1 Å². The summed E-state index contributed by atoms with van der Waals surface area (Å²) in [5.41, 5.74) is 4.39. The van der Waals surface area contributed by atoms with Gasteiger partial charge in [0.05, 0.1) is 68.0 Å². The number of aliphatic hydroxyl groups excluding tert-OH is 1. The Balaban J connectivity index is 1.98. The molecular weight excluding hydrogens is 1280 g/mol. The minimum atomic E-state index is -1.52. The molecule has 0 radical (unpaired) electrons. The van der Waals surface area contributed by atoms with Gasteiger partial charge < -0.3 is 86.6 Å². The Kier molecular flexibility index (Phi) is 38.7. The number of nitrogens with zero attached hydrogens (tertiary/aromatic N) is 3. The maximum absolute atomic E-state index is 14.4. The lowest BCUT2D eigenvalue weighted by Gasteiger charge is -2.39. The molecule has 1 saturated heterocycles. The second kappa shape index (κ2) is 43.5. The van der Waals surface area contributed by atoms with E-state index in [0.29, 0.717) is 38.8 Å². The summed E-state index contributed by atoms with van der Waals surface area (Å²) in [4.78, 5) is 151. The van der Waals surface area contributed by atoms with Crippen LogP contribution in [0.25, 0.3) is 0 Å². The highest BCUT2D eigenvalue weighted by molar-refractivity contribution is 5.90. The van der Waals surface area contributed by atoms with Gasteiger partial charge in [-0.3, -0.25) is 48.6 Å². The highest BCUT2D eigenvalue weighted by Gasteiger charge is 2.43. The number of carboxylic acid groups (broad SMARTS) is 1. The van der Waals surface area contributed by atoms with Gasteiger partial charge in [-0.05, 0) is 125 Å². The molecule has 0 aliphatic carbocycles. The van der Waals surface area contributed by atoms with Crippen LogP contribution >= 0.6 is 0 Å². The molecule has 1 aromatic carbocycles. The molecule has 564 valence electrons. The molecule has 30 heteroatoms. The number of aliphatic hydroxyl groups is 1. The molecule has 1 aliphatic heterocycles. The van der Waals surface area contributed by atoms with E-state index in [1.54, 1.807) is 47.7 Å². The lowest BCUT2D eigenvalue weighted by Crippen LogP contribution is -2.61. The Hall–Kier alpha value is -7.09. The standard InChI is InChI=1S/C69H120N12O18/c1-18-44(4)58(80(15)56(86)40-73-63(90)57(43(2)3)79(13)14)52(95-16)39-55(85)81-35-22-26-51(81)59(96-17)45(5)60(87)76-49(38-47-24-20-19-21-25-47)61(88)71-33-23-36-97-65(93)46(6)74-53(83)28-27-48(64(91)92)75-54(84)29-34-72-66(94)98-41-50(77-69(12,42-82)30-32-70)62(89)78-68(10,11)31-37-99-67(7,8)9/h19-21,24-25,43-46,48-52,57-59,77,82H,18,22-23,26-42,70H2,1-17H3,(H,71,88)(H,72,94)(H,73,90)(H,74,83)(H,75,84)(H,76,87)(H,78,89)(H,91,92)/t44-,45+,46?,48?,49-,50?,51-,52+,57?,58-,59+,69?/m0/s1. The van der Waals surface area contributed by atoms with Crippen molar-refractivity contribution >= 4 is 65.3 Å². The first-order valence-electron chi connectivity index (χ1n) is 34.5. The molecule has 0 saturated carbocycles. The van der Waals surface area contributed by atoms with Gasteiger partial charge in [0.1, 0.15) is 30.8 Å². The van der Waals surface area contributed by atoms with E-state index in [4.69, 9.17) is 29.4 Å². The van der Waals surface area contributed by atoms with Crippen LogP contribution < -0.4 is 48.3 Å². The van der Waals surface area contributed by atoms with Crippen LogP contribution in [0.15, 0.2) is 30.3 Å². The summed E-state index contributed by atoms with van der Waals surface area (Å²) in [6.07, 6.45) is -0.880. The molecule has 99 heavy (non-hydrogen) atoms. The van der Waals surface area contributed by atoms with Gasteiger partial charge in [-0.2, -0.15) is 0 Å². The van der Waals surface area contributed by atoms with Crippen LogP contribution in [-0.2, 0) is 78.1 Å². The molecule has 5 unspecified atom stereocenters. The number of ether oxygens (including phenoxy) is 5. The zero-order chi connectivity index (χ0) is 75.0. The number of nitrogens with one attached hydrogen (secondary N) is 8. The number of amides is 9. The summed E-state index contributed by atoms with van der Waals surface area (Å²) < 4.78 is 28.5. The summed E-state index contributed by atoms with van der Waals surface area (Å²) in [5.74, 6) is -7.07. The van der Waals surface area contributed by atoms with Crippen LogP contribution in [-0.4, -0.2) is 256 Å². The average molecular weight is 1410 g/mol. The van der Waals surface area contributed by atoms with Crippen molar-refractivity contribution in [1.29, 1.82) is 0 Å². The summed E-state index contributed by atoms with van der Waals surface area (Å²) in [5, 5.41) is 41.6. The van der Waals surface area contributed by atoms with Crippen molar-refractivity contribution in [3.8, 4) is 0 Å². The topological polar surface area (TPSA) is 406 Å². The molecule has 1 aliphatic rings. The zero-order valence-electron chi connectivity index (χ0n) is 61.8. The molecule has 1 fully saturated rings. The maximum Gasteiger partial charge on any atom is 0.407 e. The average Bonchev–Trinajstić information content (AvgIpc) is 1.78. The number of nitrogens with two attached hydrogens (primary N) is 1. The number of carbonyl (C=O) groups excluding carboxylic acids is 10. The minimum Gasteiger partial charge on any atom is -0.480 e. The van der Waals surface area contributed by atoms with Gasteiger partial charge in [0.25, 0.3) is 0 Å². The third-order valence-corrected chi connectivity index (χ3v) is 17.6. The van der Waals surface area contributed by atoms with Gasteiger partial charge in [0.2, 0.25) is 47.3 Å². The highest BCUT2D eigenvalue weighted by atomic mass is 16.6. The molecule has 12 N–H and O–H groups in total. The smallest absolute Gasteiger partial charge is 0.407 e. The van der Waals surface area contributed by atoms with E-state index in [2.05, 4.69) is 42.5 Å². The monoisotopic (exact) mass is 1400 g/mol. The van der Waals surface area contributed by atoms with Crippen molar-refractivity contribution in [3.63, 3.8) is 0 Å². The number of methoxy groups -OCH3 is 2. The Labute approximate surface area is 585 Å². The number of rotatable bonds is 46. The number of esters is 1. The number of hydrogen-bond acceptors (Lipinski definition) is 20. The molecule has 1 heterocycles. The van der Waals surface area contributed by atoms with E-state index >= 15 is 0 Å². The van der Waals surface area contributed by atoms with Crippen molar-refractivity contribution in [3.05, 3.63) is 35.9 Å². The van der Waals surface area contributed by atoms with Crippen molar-refractivity contribution in [2.24, 2.45) is 23.5 Å². The number of hydrogen-bond donors (Lipinski definition) is 11. The van der Waals surface area contributed by atoms with Crippen LogP contribution in [0.5, 0.6) is 0 Å². The molecular formula is C69H120N12O18. The fraction of sp³-hybridized carbons (Fsp3) is 0.754. The predicted octanol–water partition coefficient (Wildman–Crippen LogP) is 1.51. The van der Waals surface area contributed by atoms with Crippen molar-refractivity contribution in [2.75, 3.05) is 94.5 Å². The quantitative estimate of drug-likeness (QED) is 0.0325. The third kappa shape index (κ3) is 31.6. The fourth-order valence-corrected chi connectivity index (χ4v) is 11.8. The summed E-state index contributed by atoms with van der Waals surface area (Å²) in [7, 11) is 8.23. The summed E-state index contributed by atoms with van der Waals surface area (Å²) >= 11 is 0. The molecule has 12 atom stereocenters. The normalized spacial score (nSPS) is 17.0. The van der Waals surface area contributed by atoms with Crippen LogP contribution in [0.1, 0.15) is 153 Å². The van der Waals surface area contributed by atoms with Crippen LogP contribution in [0, 0.1) is 17.8 Å². The first-order chi connectivity index (χ1) is 46.4. The fourth-order valence-electron chi connectivity index (χ4n) is 11.8. The molecule has 0 spiro atoms. The third-order valence-electron chi connectivity index (χ3n) is 17.6. The number of likely N-dealkylation sites (N-methyl/N-ethyl adjacent to an activating group) is 2. The van der Waals surface area contributed by atoms with Gasteiger partial charge in [-0.15, -0.1) is 0 Å². The second-order valence-corrected chi connectivity index (χ2v) is 28.2. The molecule has 30 nitrogen and oxygen atoms in total. The molecule has 1 aromatic rings. The van der Waals surface area contributed by atoms with Gasteiger partial charge in [0.15, 0.2) is 0 Å². The van der Waals surface area contributed by atoms with Gasteiger partial charge in [-0.1, -0.05) is 71.4 Å². The second-order valence-electron chi connectivity index (χ2n) is 28.2. The Morgan fingerprint density at radius 3 is 1.98 bits per heavy atom. The number of alkyl carbamates (subject to hydrolysis) is 1. The van der Waals surface area contributed by atoms with Crippen LogP contribution in [0.3, 0.4) is 0 Å². The number of likely N-dealkylation sites (tertiary alicyclic amines) is 1. The number of carbonyl (C=O) groups is 11. The van der Waals surface area contributed by atoms with E-state index in [-0.39, 0.29) is 113 Å². The SMILES string of the molecule is CC[C@H](C)[C@@H]([C@@H](CC(=O)N1CCC[C@H]1[C@H](OC)[C@@H](C)C(=O)N[C@@H](Cc1ccccc1)C(=O)NCCCOC(=O)C(C)NC(=O)CCC(NC(=O)CCNC(=O)OCC(NC(C)(CO)CCN)C(=O)NC(C)(C)CCOC(C)(C)C)C(=O)O)OC)N(C)C(=O)CNC(=O)C(C(C)C)N(C)C. The van der Waals surface area contributed by atoms with E-state index < -0.39 is 132 Å². The minimum absolute atomic E-state index is 0.00601.